The molecule has 2 aromatic carbocycles. The molecular weight excluding hydrogens is 276 g/mol. The van der Waals surface area contributed by atoms with Gasteiger partial charge in [-0.3, -0.25) is 9.59 Å². The molecule has 112 valence electrons. The van der Waals surface area contributed by atoms with Crippen molar-refractivity contribution in [3.8, 4) is 0 Å². The summed E-state index contributed by atoms with van der Waals surface area (Å²) in [5.41, 5.74) is 4.73. The van der Waals surface area contributed by atoms with E-state index in [0.717, 1.165) is 22.4 Å². The molecule has 0 spiro atoms. The van der Waals surface area contributed by atoms with Crippen molar-refractivity contribution in [3.05, 3.63) is 64.7 Å². The molecule has 0 fully saturated rings. The van der Waals surface area contributed by atoms with Crippen LogP contribution in [0.25, 0.3) is 0 Å². The normalized spacial score (nSPS) is 13.2. The zero-order valence-electron chi connectivity index (χ0n) is 12.5. The number of amides is 2. The van der Waals surface area contributed by atoms with Crippen LogP contribution in [-0.2, 0) is 17.8 Å². The highest BCUT2D eigenvalue weighted by Gasteiger charge is 2.16. The molecule has 22 heavy (non-hydrogen) atoms. The van der Waals surface area contributed by atoms with Crippen LogP contribution in [0, 0.1) is 6.92 Å². The van der Waals surface area contributed by atoms with E-state index < -0.39 is 0 Å². The van der Waals surface area contributed by atoms with Gasteiger partial charge in [0.15, 0.2) is 0 Å². The number of carbonyl (C=O) groups is 2. The lowest BCUT2D eigenvalue weighted by molar-refractivity contribution is -0.116. The quantitative estimate of drug-likeness (QED) is 0.914. The first kappa shape index (κ1) is 14.3. The van der Waals surface area contributed by atoms with Crippen LogP contribution in [0.15, 0.2) is 42.5 Å². The minimum atomic E-state index is -0.0945. The molecule has 0 unspecified atom stereocenters. The van der Waals surface area contributed by atoms with Gasteiger partial charge in [0.1, 0.15) is 0 Å². The van der Waals surface area contributed by atoms with Crippen molar-refractivity contribution in [1.29, 1.82) is 0 Å². The van der Waals surface area contributed by atoms with E-state index in [-0.39, 0.29) is 11.8 Å². The Hall–Kier alpha value is -2.62. The number of carbonyl (C=O) groups excluding carboxylic acids is 2. The summed E-state index contributed by atoms with van der Waals surface area (Å²) in [5.74, 6) is -0.0628. The summed E-state index contributed by atoms with van der Waals surface area (Å²) in [6.45, 7) is 2.54. The Balaban J connectivity index is 1.70. The number of aryl methyl sites for hydroxylation is 2. The van der Waals surface area contributed by atoms with Crippen molar-refractivity contribution in [1.82, 2.24) is 5.32 Å². The predicted octanol–water partition coefficient (Wildman–Crippen LogP) is 2.81. The average Bonchev–Trinajstić information content (AvgIpc) is 2.53. The van der Waals surface area contributed by atoms with E-state index in [4.69, 9.17) is 0 Å². The molecule has 4 nitrogen and oxygen atoms in total. The van der Waals surface area contributed by atoms with Gasteiger partial charge in [0.05, 0.1) is 0 Å². The number of rotatable bonds is 3. The van der Waals surface area contributed by atoms with Gasteiger partial charge in [0, 0.05) is 24.2 Å². The van der Waals surface area contributed by atoms with Gasteiger partial charge in [0.2, 0.25) is 5.91 Å². The van der Waals surface area contributed by atoms with Crippen LogP contribution in [0.5, 0.6) is 0 Å². The number of benzene rings is 2. The van der Waals surface area contributed by atoms with Crippen LogP contribution >= 0.6 is 0 Å². The molecule has 3 rings (SSSR count). The fraction of sp³-hybridized carbons (Fsp3) is 0.222. The van der Waals surface area contributed by atoms with Crippen molar-refractivity contribution in [3.63, 3.8) is 0 Å². The molecule has 1 aliphatic heterocycles. The summed E-state index contributed by atoms with van der Waals surface area (Å²) in [5, 5.41) is 5.77. The minimum Gasteiger partial charge on any atom is -0.348 e. The second-order valence-electron chi connectivity index (χ2n) is 5.53. The van der Waals surface area contributed by atoms with Gasteiger partial charge in [-0.1, -0.05) is 24.3 Å². The van der Waals surface area contributed by atoms with Crippen molar-refractivity contribution >= 4 is 17.5 Å². The third-order valence-electron chi connectivity index (χ3n) is 3.96. The number of anilines is 1. The second-order valence-corrected chi connectivity index (χ2v) is 5.53. The lowest BCUT2D eigenvalue weighted by atomic mass is 10.00. The second kappa shape index (κ2) is 6.02. The smallest absolute Gasteiger partial charge is 0.251 e. The molecule has 0 saturated carbocycles. The first-order valence-electron chi connectivity index (χ1n) is 7.39. The Morgan fingerprint density at radius 3 is 2.82 bits per heavy atom. The molecule has 0 aromatic heterocycles. The van der Waals surface area contributed by atoms with Gasteiger partial charge in [-0.2, -0.15) is 0 Å². The standard InChI is InChI=1S/C18H18N2O2/c1-12-4-2-3-5-15(12)11-19-18(22)14-6-8-16-13(10-14)7-9-17(21)20-16/h2-6,8,10H,7,9,11H2,1H3,(H,19,22)(H,20,21). The van der Waals surface area contributed by atoms with E-state index in [9.17, 15) is 9.59 Å². The third kappa shape index (κ3) is 3.01. The van der Waals surface area contributed by atoms with Crippen molar-refractivity contribution in [2.24, 2.45) is 0 Å². The van der Waals surface area contributed by atoms with Gasteiger partial charge >= 0.3 is 0 Å². The highest BCUT2D eigenvalue weighted by molar-refractivity contribution is 5.97. The maximum atomic E-state index is 12.3. The zero-order chi connectivity index (χ0) is 15.5. The van der Waals surface area contributed by atoms with Crippen molar-refractivity contribution in [2.75, 3.05) is 5.32 Å². The predicted molar refractivity (Wildman–Crippen MR) is 85.7 cm³/mol. The fourth-order valence-electron chi connectivity index (χ4n) is 2.61. The Kier molecular flexibility index (Phi) is 3.92. The maximum absolute atomic E-state index is 12.3. The van der Waals surface area contributed by atoms with Crippen LogP contribution in [-0.4, -0.2) is 11.8 Å². The van der Waals surface area contributed by atoms with Crippen LogP contribution in [0.3, 0.4) is 0 Å². The third-order valence-corrected chi connectivity index (χ3v) is 3.96. The topological polar surface area (TPSA) is 58.2 Å². The van der Waals surface area contributed by atoms with Gasteiger partial charge in [-0.15, -0.1) is 0 Å². The van der Waals surface area contributed by atoms with Crippen LogP contribution in [0.4, 0.5) is 5.69 Å². The van der Waals surface area contributed by atoms with E-state index in [1.54, 1.807) is 12.1 Å². The van der Waals surface area contributed by atoms with Gasteiger partial charge in [0.25, 0.3) is 5.91 Å². The molecule has 0 saturated heterocycles. The highest BCUT2D eigenvalue weighted by Crippen LogP contribution is 2.23. The van der Waals surface area contributed by atoms with Crippen LogP contribution in [0.2, 0.25) is 0 Å². The van der Waals surface area contributed by atoms with Crippen LogP contribution in [0.1, 0.15) is 33.5 Å². The summed E-state index contributed by atoms with van der Waals surface area (Å²) in [6.07, 6.45) is 1.15. The lowest BCUT2D eigenvalue weighted by Gasteiger charge is -2.17. The van der Waals surface area contributed by atoms with Crippen molar-refractivity contribution in [2.45, 2.75) is 26.3 Å². The summed E-state index contributed by atoms with van der Waals surface area (Å²) < 4.78 is 0. The van der Waals surface area contributed by atoms with E-state index in [0.29, 0.717) is 24.9 Å². The van der Waals surface area contributed by atoms with E-state index in [2.05, 4.69) is 10.6 Å². The summed E-state index contributed by atoms with van der Waals surface area (Å²) >= 11 is 0. The van der Waals surface area contributed by atoms with Crippen LogP contribution < -0.4 is 10.6 Å². The molecule has 2 amide bonds. The minimum absolute atomic E-state index is 0.0317. The molecular formula is C18H18N2O2. The monoisotopic (exact) mass is 294 g/mol. The van der Waals surface area contributed by atoms with E-state index in [1.807, 2.05) is 37.3 Å². The molecule has 1 heterocycles. The molecule has 0 aliphatic carbocycles. The first-order chi connectivity index (χ1) is 10.6. The molecule has 2 N–H and O–H groups in total. The molecule has 0 atom stereocenters. The summed E-state index contributed by atoms with van der Waals surface area (Å²) in [6, 6.07) is 13.4. The Labute approximate surface area is 129 Å². The largest absolute Gasteiger partial charge is 0.348 e. The zero-order valence-corrected chi connectivity index (χ0v) is 12.5. The molecule has 2 aromatic rings. The maximum Gasteiger partial charge on any atom is 0.251 e. The number of nitrogens with one attached hydrogen (secondary N) is 2. The molecule has 0 radical (unpaired) electrons. The summed E-state index contributed by atoms with van der Waals surface area (Å²) in [4.78, 5) is 23.6. The van der Waals surface area contributed by atoms with Gasteiger partial charge in [-0.25, -0.2) is 0 Å². The molecule has 4 heteroatoms. The van der Waals surface area contributed by atoms with Crippen molar-refractivity contribution < 1.29 is 9.59 Å². The SMILES string of the molecule is Cc1ccccc1CNC(=O)c1ccc2c(c1)CCC(=O)N2. The number of fused-ring (bicyclic) bond motifs is 1. The lowest BCUT2D eigenvalue weighted by Crippen LogP contribution is -2.24. The Bertz CT molecular complexity index is 738. The molecule has 0 bridgehead atoms. The van der Waals surface area contributed by atoms with E-state index in [1.165, 1.54) is 0 Å². The number of hydrogen-bond acceptors (Lipinski definition) is 2. The summed E-state index contributed by atoms with van der Waals surface area (Å²) in [7, 11) is 0. The Morgan fingerprint density at radius 1 is 1.18 bits per heavy atom. The van der Waals surface area contributed by atoms with E-state index >= 15 is 0 Å². The Morgan fingerprint density at radius 2 is 2.00 bits per heavy atom. The highest BCUT2D eigenvalue weighted by atomic mass is 16.2. The fourth-order valence-corrected chi connectivity index (χ4v) is 2.61. The first-order valence-corrected chi connectivity index (χ1v) is 7.39. The van der Waals surface area contributed by atoms with Gasteiger partial charge < -0.3 is 10.6 Å². The number of hydrogen-bond donors (Lipinski definition) is 2. The molecule has 1 aliphatic rings. The van der Waals surface area contributed by atoms with Gasteiger partial charge in [-0.05, 0) is 48.2 Å². The average molecular weight is 294 g/mol.